The van der Waals surface area contributed by atoms with E-state index in [0.717, 1.165) is 0 Å². The van der Waals surface area contributed by atoms with Crippen LogP contribution in [0.5, 0.6) is 17.2 Å². The molecule has 1 aromatic carbocycles. The first-order valence-corrected chi connectivity index (χ1v) is 7.75. The number of hydrogen-bond donors (Lipinski definition) is 5. The summed E-state index contributed by atoms with van der Waals surface area (Å²) in [6.45, 7) is -0.731. The van der Waals surface area contributed by atoms with E-state index in [0.29, 0.717) is 0 Å². The fourth-order valence-electron chi connectivity index (χ4n) is 2.64. The van der Waals surface area contributed by atoms with Crippen molar-refractivity contribution in [1.29, 1.82) is 0 Å². The van der Waals surface area contributed by atoms with Gasteiger partial charge in [-0.2, -0.15) is 0 Å². The molecule has 0 saturated carbocycles. The molecule has 12 heteroatoms. The number of carboxylic acid groups (broad SMARTS) is 3. The van der Waals surface area contributed by atoms with Gasteiger partial charge < -0.3 is 40.2 Å². The summed E-state index contributed by atoms with van der Waals surface area (Å²) in [5.41, 5.74) is 2.41. The normalized spacial score (nSPS) is 10.3. The van der Waals surface area contributed by atoms with Gasteiger partial charge in [0.1, 0.15) is 16.9 Å². The lowest BCUT2D eigenvalue weighted by Crippen LogP contribution is -2.24. The lowest BCUT2D eigenvalue weighted by atomic mass is 9.95. The number of nitrogens with one attached hydrogen (secondary N) is 1. The number of aromatic nitrogens is 1. The molecule has 0 amide bonds. The second-order valence-corrected chi connectivity index (χ2v) is 5.50. The highest BCUT2D eigenvalue weighted by Crippen LogP contribution is 2.43. The van der Waals surface area contributed by atoms with E-state index in [9.17, 15) is 29.4 Å². The summed E-state index contributed by atoms with van der Waals surface area (Å²) in [4.78, 5) is 48.3. The highest BCUT2D eigenvalue weighted by Gasteiger charge is 2.28. The predicted octanol–water partition coefficient (Wildman–Crippen LogP) is 0.501. The molecular weight excluding hydrogens is 392 g/mol. The molecule has 0 radical (unpaired) electrons. The highest BCUT2D eigenvalue weighted by atomic mass is 16.5. The molecule has 6 N–H and O–H groups in total. The van der Waals surface area contributed by atoms with Crippen molar-refractivity contribution in [1.82, 2.24) is 4.98 Å². The van der Waals surface area contributed by atoms with Crippen LogP contribution in [0.3, 0.4) is 0 Å². The molecule has 0 aliphatic heterocycles. The quantitative estimate of drug-likeness (QED) is 0.407. The molecule has 2 aromatic rings. The Morgan fingerprint density at radius 1 is 1.00 bits per heavy atom. The number of benzene rings is 1. The van der Waals surface area contributed by atoms with E-state index in [1.54, 1.807) is 0 Å². The minimum absolute atomic E-state index is 0.0889. The molecule has 154 valence electrons. The van der Waals surface area contributed by atoms with Crippen molar-refractivity contribution in [2.24, 2.45) is 0 Å². The van der Waals surface area contributed by atoms with Crippen molar-refractivity contribution in [3.8, 4) is 28.4 Å². The molecule has 0 unspecified atom stereocenters. The summed E-state index contributed by atoms with van der Waals surface area (Å²) in [5.74, 6) is -5.39. The Kier molecular flexibility index (Phi) is 5.97. The van der Waals surface area contributed by atoms with Crippen molar-refractivity contribution < 1.29 is 43.9 Å². The zero-order chi connectivity index (χ0) is 21.9. The summed E-state index contributed by atoms with van der Waals surface area (Å²) in [5, 5.41) is 27.8. The minimum atomic E-state index is -1.69. The summed E-state index contributed by atoms with van der Waals surface area (Å²) in [6, 6.07) is 2.35. The standard InChI is InChI=1S/C17H16N2O10/c1-27-7-3-6(4-8(28-2)13(7)29-5-9(20)21)10-11(16(23)24)14(18)19-15(22)12(10)17(25)26/h3-4H,5H2,1-2H3,(H,20,21)(H,23,24)(H,25,26)(H3,18,19,22). The fourth-order valence-corrected chi connectivity index (χ4v) is 2.64. The number of anilines is 1. The molecule has 0 atom stereocenters. The number of rotatable bonds is 8. The molecule has 29 heavy (non-hydrogen) atoms. The number of hydrogen-bond acceptors (Lipinski definition) is 8. The number of aromatic carboxylic acids is 2. The van der Waals surface area contributed by atoms with Gasteiger partial charge in [0, 0.05) is 5.56 Å². The number of ether oxygens (including phenoxy) is 3. The Labute approximate surface area is 162 Å². The Bertz CT molecular complexity index is 1030. The lowest BCUT2D eigenvalue weighted by Gasteiger charge is -2.17. The van der Waals surface area contributed by atoms with E-state index in [4.69, 9.17) is 25.1 Å². The zero-order valence-corrected chi connectivity index (χ0v) is 15.1. The topological polar surface area (TPSA) is 198 Å². The van der Waals surface area contributed by atoms with Crippen molar-refractivity contribution in [2.75, 3.05) is 26.6 Å². The van der Waals surface area contributed by atoms with Gasteiger partial charge in [0.25, 0.3) is 5.56 Å². The summed E-state index contributed by atoms with van der Waals surface area (Å²) < 4.78 is 15.4. The maximum Gasteiger partial charge on any atom is 0.342 e. The molecule has 0 aliphatic carbocycles. The van der Waals surface area contributed by atoms with Crippen LogP contribution in [0.1, 0.15) is 20.7 Å². The number of H-pyrrole nitrogens is 1. The van der Waals surface area contributed by atoms with Crippen LogP contribution in [0.15, 0.2) is 16.9 Å². The third-order valence-corrected chi connectivity index (χ3v) is 3.76. The molecule has 0 spiro atoms. The van der Waals surface area contributed by atoms with Gasteiger partial charge in [-0.15, -0.1) is 0 Å². The molecule has 1 aromatic heterocycles. The van der Waals surface area contributed by atoms with Crippen molar-refractivity contribution >= 4 is 23.7 Å². The van der Waals surface area contributed by atoms with E-state index in [-0.39, 0.29) is 22.8 Å². The average Bonchev–Trinajstić information content (AvgIpc) is 2.63. The van der Waals surface area contributed by atoms with E-state index < -0.39 is 52.6 Å². The molecule has 12 nitrogen and oxygen atoms in total. The molecule has 0 aliphatic rings. The van der Waals surface area contributed by atoms with Gasteiger partial charge in [0.2, 0.25) is 5.75 Å². The van der Waals surface area contributed by atoms with Gasteiger partial charge >= 0.3 is 17.9 Å². The number of carboxylic acids is 3. The van der Waals surface area contributed by atoms with Crippen LogP contribution < -0.4 is 25.5 Å². The maximum absolute atomic E-state index is 12.1. The van der Waals surface area contributed by atoms with Gasteiger partial charge in [0.05, 0.1) is 14.2 Å². The van der Waals surface area contributed by atoms with E-state index in [1.165, 1.54) is 26.4 Å². The number of carbonyl (C=O) groups is 3. The Morgan fingerprint density at radius 3 is 1.93 bits per heavy atom. The first-order chi connectivity index (χ1) is 13.6. The van der Waals surface area contributed by atoms with Gasteiger partial charge in [0.15, 0.2) is 18.1 Å². The van der Waals surface area contributed by atoms with Crippen LogP contribution in [0.4, 0.5) is 5.82 Å². The van der Waals surface area contributed by atoms with Gasteiger partial charge in [-0.25, -0.2) is 14.4 Å². The average molecular weight is 408 g/mol. The summed E-state index contributed by atoms with van der Waals surface area (Å²) in [6.07, 6.45) is 0. The number of aromatic amines is 1. The van der Waals surface area contributed by atoms with Crippen molar-refractivity contribution in [3.05, 3.63) is 33.6 Å². The third kappa shape index (κ3) is 4.05. The largest absolute Gasteiger partial charge is 0.493 e. The van der Waals surface area contributed by atoms with Gasteiger partial charge in [-0.3, -0.25) is 4.79 Å². The van der Waals surface area contributed by atoms with Crippen LogP contribution in [-0.4, -0.2) is 59.0 Å². The van der Waals surface area contributed by atoms with E-state index in [2.05, 4.69) is 0 Å². The fraction of sp³-hybridized carbons (Fsp3) is 0.176. The van der Waals surface area contributed by atoms with Crippen LogP contribution in [0.25, 0.3) is 11.1 Å². The Morgan fingerprint density at radius 2 is 1.52 bits per heavy atom. The number of nitrogen functional groups attached to an aromatic ring is 1. The highest BCUT2D eigenvalue weighted by molar-refractivity contribution is 6.07. The van der Waals surface area contributed by atoms with Crippen LogP contribution in [0, 0.1) is 0 Å². The SMILES string of the molecule is COc1cc(-c2c(C(=O)O)c(N)[nH]c(=O)c2C(=O)O)cc(OC)c1OCC(=O)O. The first kappa shape index (κ1) is 21.1. The molecule has 1 heterocycles. The second kappa shape index (κ2) is 8.21. The number of methoxy groups -OCH3 is 2. The van der Waals surface area contributed by atoms with Gasteiger partial charge in [-0.05, 0) is 17.7 Å². The molecular formula is C17H16N2O10. The monoisotopic (exact) mass is 408 g/mol. The number of pyridine rings is 1. The second-order valence-electron chi connectivity index (χ2n) is 5.50. The molecule has 0 bridgehead atoms. The minimum Gasteiger partial charge on any atom is -0.493 e. The van der Waals surface area contributed by atoms with Crippen molar-refractivity contribution in [2.45, 2.75) is 0 Å². The summed E-state index contributed by atoms with van der Waals surface area (Å²) >= 11 is 0. The van der Waals surface area contributed by atoms with Crippen LogP contribution >= 0.6 is 0 Å². The Balaban J connectivity index is 2.91. The number of nitrogens with two attached hydrogens (primary N) is 1. The van der Waals surface area contributed by atoms with Crippen LogP contribution in [0.2, 0.25) is 0 Å². The number of aliphatic carboxylic acids is 1. The lowest BCUT2D eigenvalue weighted by molar-refractivity contribution is -0.139. The van der Waals surface area contributed by atoms with Crippen LogP contribution in [-0.2, 0) is 4.79 Å². The van der Waals surface area contributed by atoms with Gasteiger partial charge in [-0.1, -0.05) is 0 Å². The smallest absolute Gasteiger partial charge is 0.342 e. The third-order valence-electron chi connectivity index (χ3n) is 3.76. The van der Waals surface area contributed by atoms with E-state index in [1.807, 2.05) is 4.98 Å². The van der Waals surface area contributed by atoms with E-state index >= 15 is 0 Å². The summed E-state index contributed by atoms with van der Waals surface area (Å²) in [7, 11) is 2.43. The van der Waals surface area contributed by atoms with Crippen molar-refractivity contribution in [3.63, 3.8) is 0 Å². The zero-order valence-electron chi connectivity index (χ0n) is 15.1. The first-order valence-electron chi connectivity index (χ1n) is 7.75. The molecule has 2 rings (SSSR count). The maximum atomic E-state index is 12.1. The molecule has 0 saturated heterocycles. The Hall–Kier alpha value is -4.22. The predicted molar refractivity (Wildman–Crippen MR) is 97.1 cm³/mol. The molecule has 0 fully saturated rings.